The zero-order chi connectivity index (χ0) is 9.76. The van der Waals surface area contributed by atoms with Gasteiger partial charge in [-0.15, -0.1) is 0 Å². The molecular weight excluding hydrogens is 183 g/mol. The van der Waals surface area contributed by atoms with Crippen LogP contribution >= 0.6 is 0 Å². The number of ether oxygens (including phenoxy) is 1. The van der Waals surface area contributed by atoms with E-state index in [4.69, 9.17) is 4.74 Å². The Hall–Kier alpha value is -1.38. The first-order valence-electron chi connectivity index (χ1n) is 4.70. The summed E-state index contributed by atoms with van der Waals surface area (Å²) in [6.45, 7) is 0. The standard InChI is InChI=1S/C11H9FO2/c12-8-2-1-7-5-10(13)11(3-4-11)14-9(7)6-8/h1-2,6H,3-5H2. The number of carbonyl (C=O) groups is 1. The molecule has 1 fully saturated rings. The average Bonchev–Trinajstić information content (AvgIpc) is 2.89. The fourth-order valence-electron chi connectivity index (χ4n) is 1.87. The van der Waals surface area contributed by atoms with Crippen molar-refractivity contribution < 1.29 is 13.9 Å². The Morgan fingerprint density at radius 3 is 2.86 bits per heavy atom. The van der Waals surface area contributed by atoms with Gasteiger partial charge in [-0.05, 0) is 18.9 Å². The summed E-state index contributed by atoms with van der Waals surface area (Å²) in [6, 6.07) is 4.35. The van der Waals surface area contributed by atoms with Gasteiger partial charge in [-0.3, -0.25) is 4.79 Å². The summed E-state index contributed by atoms with van der Waals surface area (Å²) >= 11 is 0. The van der Waals surface area contributed by atoms with Gasteiger partial charge in [0.25, 0.3) is 0 Å². The molecule has 1 saturated carbocycles. The van der Waals surface area contributed by atoms with Crippen molar-refractivity contribution in [2.75, 3.05) is 0 Å². The van der Waals surface area contributed by atoms with Gasteiger partial charge in [-0.2, -0.15) is 0 Å². The van der Waals surface area contributed by atoms with E-state index in [1.54, 1.807) is 6.07 Å². The Balaban J connectivity index is 2.07. The van der Waals surface area contributed by atoms with Crippen molar-refractivity contribution in [3.05, 3.63) is 29.6 Å². The summed E-state index contributed by atoms with van der Waals surface area (Å²) in [6.07, 6.45) is 1.94. The number of Topliss-reactive ketones (excluding diaryl/α,β-unsaturated/α-hetero) is 1. The number of hydrogen-bond donors (Lipinski definition) is 0. The molecule has 2 nitrogen and oxygen atoms in total. The third-order valence-electron chi connectivity index (χ3n) is 2.90. The largest absolute Gasteiger partial charge is 0.479 e. The number of ketones is 1. The highest BCUT2D eigenvalue weighted by molar-refractivity contribution is 5.94. The molecule has 1 spiro atoms. The number of carbonyl (C=O) groups excluding carboxylic acids is 1. The molecule has 3 heteroatoms. The van der Waals surface area contributed by atoms with Crippen molar-refractivity contribution in [3.8, 4) is 5.75 Å². The third-order valence-corrected chi connectivity index (χ3v) is 2.90. The Bertz CT molecular complexity index is 421. The first kappa shape index (κ1) is 7.97. The maximum Gasteiger partial charge on any atom is 0.180 e. The first-order valence-corrected chi connectivity index (χ1v) is 4.70. The van der Waals surface area contributed by atoms with Crippen LogP contribution in [-0.2, 0) is 11.2 Å². The van der Waals surface area contributed by atoms with E-state index in [1.165, 1.54) is 12.1 Å². The van der Waals surface area contributed by atoms with E-state index in [1.807, 2.05) is 0 Å². The van der Waals surface area contributed by atoms with Gasteiger partial charge in [0.1, 0.15) is 11.6 Å². The maximum absolute atomic E-state index is 12.9. The fraction of sp³-hybridized carbons (Fsp3) is 0.364. The van der Waals surface area contributed by atoms with Crippen LogP contribution in [0.2, 0.25) is 0 Å². The number of fused-ring (bicyclic) bond motifs is 1. The minimum Gasteiger partial charge on any atom is -0.479 e. The van der Waals surface area contributed by atoms with Crippen molar-refractivity contribution in [2.24, 2.45) is 0 Å². The van der Waals surface area contributed by atoms with Crippen molar-refractivity contribution in [3.63, 3.8) is 0 Å². The second-order valence-electron chi connectivity index (χ2n) is 3.95. The van der Waals surface area contributed by atoms with Crippen LogP contribution in [0.4, 0.5) is 4.39 Å². The lowest BCUT2D eigenvalue weighted by molar-refractivity contribution is -0.128. The molecule has 0 saturated heterocycles. The molecule has 0 radical (unpaired) electrons. The molecule has 1 aliphatic heterocycles. The molecule has 0 aromatic heterocycles. The number of hydrogen-bond acceptors (Lipinski definition) is 2. The second kappa shape index (κ2) is 2.35. The smallest absolute Gasteiger partial charge is 0.180 e. The Labute approximate surface area is 80.7 Å². The Morgan fingerprint density at radius 2 is 2.14 bits per heavy atom. The molecule has 0 atom stereocenters. The van der Waals surface area contributed by atoms with Gasteiger partial charge in [0.15, 0.2) is 11.4 Å². The molecule has 0 bridgehead atoms. The Kier molecular flexibility index (Phi) is 1.34. The van der Waals surface area contributed by atoms with E-state index in [0.29, 0.717) is 12.2 Å². The molecule has 1 aliphatic carbocycles. The molecular formula is C11H9FO2. The Morgan fingerprint density at radius 1 is 1.36 bits per heavy atom. The molecule has 1 aromatic carbocycles. The van der Waals surface area contributed by atoms with Crippen molar-refractivity contribution in [2.45, 2.75) is 24.9 Å². The predicted molar refractivity (Wildman–Crippen MR) is 47.7 cm³/mol. The van der Waals surface area contributed by atoms with Crippen LogP contribution < -0.4 is 4.74 Å². The van der Waals surface area contributed by atoms with Gasteiger partial charge in [-0.25, -0.2) is 4.39 Å². The van der Waals surface area contributed by atoms with Gasteiger partial charge in [-0.1, -0.05) is 6.07 Å². The molecule has 0 N–H and O–H groups in total. The van der Waals surface area contributed by atoms with Crippen LogP contribution in [0.5, 0.6) is 5.75 Å². The van der Waals surface area contributed by atoms with E-state index in [9.17, 15) is 9.18 Å². The zero-order valence-electron chi connectivity index (χ0n) is 7.55. The van der Waals surface area contributed by atoms with Crippen LogP contribution in [0.1, 0.15) is 18.4 Å². The summed E-state index contributed by atoms with van der Waals surface area (Å²) in [7, 11) is 0. The zero-order valence-corrected chi connectivity index (χ0v) is 7.55. The van der Waals surface area contributed by atoms with Gasteiger partial charge in [0.05, 0.1) is 0 Å². The molecule has 1 aromatic rings. The third kappa shape index (κ3) is 0.983. The SMILES string of the molecule is O=C1Cc2ccc(F)cc2OC12CC2. The molecule has 14 heavy (non-hydrogen) atoms. The van der Waals surface area contributed by atoms with Gasteiger partial charge in [0.2, 0.25) is 0 Å². The minimum atomic E-state index is -0.583. The van der Waals surface area contributed by atoms with Crippen LogP contribution in [0, 0.1) is 5.82 Å². The fourth-order valence-corrected chi connectivity index (χ4v) is 1.87. The lowest BCUT2D eigenvalue weighted by atomic mass is 9.99. The van der Waals surface area contributed by atoms with E-state index in [0.717, 1.165) is 18.4 Å². The summed E-state index contributed by atoms with van der Waals surface area (Å²) < 4.78 is 18.4. The maximum atomic E-state index is 12.9. The first-order chi connectivity index (χ1) is 6.70. The summed E-state index contributed by atoms with van der Waals surface area (Å²) in [5, 5.41) is 0. The van der Waals surface area contributed by atoms with E-state index in [2.05, 4.69) is 0 Å². The van der Waals surface area contributed by atoms with E-state index >= 15 is 0 Å². The molecule has 3 rings (SSSR count). The lowest BCUT2D eigenvalue weighted by Crippen LogP contribution is -2.35. The normalized spacial score (nSPS) is 21.6. The number of rotatable bonds is 0. The van der Waals surface area contributed by atoms with Gasteiger partial charge < -0.3 is 4.74 Å². The highest BCUT2D eigenvalue weighted by atomic mass is 19.1. The van der Waals surface area contributed by atoms with Crippen LogP contribution in [-0.4, -0.2) is 11.4 Å². The number of halogens is 1. The predicted octanol–water partition coefficient (Wildman–Crippen LogP) is 1.86. The molecule has 0 unspecified atom stereocenters. The van der Waals surface area contributed by atoms with Gasteiger partial charge >= 0.3 is 0 Å². The summed E-state index contributed by atoms with van der Waals surface area (Å²) in [4.78, 5) is 11.6. The second-order valence-corrected chi connectivity index (χ2v) is 3.95. The molecule has 0 amide bonds. The molecule has 1 heterocycles. The quantitative estimate of drug-likeness (QED) is 0.627. The van der Waals surface area contributed by atoms with Crippen LogP contribution in [0.25, 0.3) is 0 Å². The minimum absolute atomic E-state index is 0.136. The van der Waals surface area contributed by atoms with E-state index in [-0.39, 0.29) is 11.6 Å². The average molecular weight is 192 g/mol. The van der Waals surface area contributed by atoms with Crippen molar-refractivity contribution >= 4 is 5.78 Å². The van der Waals surface area contributed by atoms with Crippen LogP contribution in [0.15, 0.2) is 18.2 Å². The van der Waals surface area contributed by atoms with E-state index < -0.39 is 5.60 Å². The topological polar surface area (TPSA) is 26.3 Å². The molecule has 2 aliphatic rings. The highest BCUT2D eigenvalue weighted by Crippen LogP contribution is 2.46. The van der Waals surface area contributed by atoms with Gasteiger partial charge in [0, 0.05) is 18.1 Å². The lowest BCUT2D eigenvalue weighted by Gasteiger charge is -2.24. The van der Waals surface area contributed by atoms with Crippen molar-refractivity contribution in [1.29, 1.82) is 0 Å². The highest BCUT2D eigenvalue weighted by Gasteiger charge is 2.54. The van der Waals surface area contributed by atoms with Crippen molar-refractivity contribution in [1.82, 2.24) is 0 Å². The summed E-state index contributed by atoms with van der Waals surface area (Å²) in [5.41, 5.74) is 0.217. The summed E-state index contributed by atoms with van der Waals surface area (Å²) in [5.74, 6) is 0.368. The molecule has 72 valence electrons. The monoisotopic (exact) mass is 192 g/mol. The number of benzene rings is 1. The van der Waals surface area contributed by atoms with Crippen LogP contribution in [0.3, 0.4) is 0 Å².